The van der Waals surface area contributed by atoms with E-state index in [4.69, 9.17) is 9.84 Å². The highest BCUT2D eigenvalue weighted by Crippen LogP contribution is 2.33. The largest absolute Gasteiger partial charge is 0.379 e. The van der Waals surface area contributed by atoms with Gasteiger partial charge in [0.05, 0.1) is 36.2 Å². The summed E-state index contributed by atoms with van der Waals surface area (Å²) in [5.41, 5.74) is 4.55. The van der Waals surface area contributed by atoms with E-state index in [1.807, 2.05) is 36.0 Å². The molecule has 0 radical (unpaired) electrons. The number of imidazole rings is 1. The van der Waals surface area contributed by atoms with E-state index in [-0.39, 0.29) is 0 Å². The topological polar surface area (TPSA) is 96.3 Å². The summed E-state index contributed by atoms with van der Waals surface area (Å²) in [6.45, 7) is 5.87. The molecule has 2 aliphatic rings. The van der Waals surface area contributed by atoms with Crippen LogP contribution in [0.3, 0.4) is 0 Å². The van der Waals surface area contributed by atoms with Gasteiger partial charge in [0.25, 0.3) is 0 Å². The molecule has 1 aliphatic carbocycles. The van der Waals surface area contributed by atoms with Gasteiger partial charge < -0.3 is 15.0 Å². The van der Waals surface area contributed by atoms with Gasteiger partial charge in [-0.25, -0.2) is 19.5 Å². The van der Waals surface area contributed by atoms with Gasteiger partial charge in [0.1, 0.15) is 17.8 Å². The second-order valence-electron chi connectivity index (χ2n) is 8.83. The van der Waals surface area contributed by atoms with Crippen molar-refractivity contribution in [1.29, 1.82) is 0 Å². The standard InChI is InChI=1S/C23H28N8O/c1-15-12-24-20-7-6-19(29-31(15)20)18-13-25-22-21(18)23(27-14-26-22)28-16-2-4-17(5-3-16)30-8-10-32-11-9-30/h6-7,12-14,16-17H,2-5,8-11H2,1H3,(H2,25,26,27,28). The molecule has 2 N–H and O–H groups in total. The molecule has 0 amide bonds. The first-order valence-electron chi connectivity index (χ1n) is 11.5. The maximum Gasteiger partial charge on any atom is 0.153 e. The molecule has 0 unspecified atom stereocenters. The SMILES string of the molecule is Cc1cnc2ccc(-c3c[nH]c4ncnc(NC5CCC(N6CCOCC6)CC5)c34)nn12. The van der Waals surface area contributed by atoms with Gasteiger partial charge in [-0.05, 0) is 44.7 Å². The summed E-state index contributed by atoms with van der Waals surface area (Å²) >= 11 is 0. The van der Waals surface area contributed by atoms with Crippen molar-refractivity contribution in [3.63, 3.8) is 0 Å². The Bertz CT molecular complexity index is 1230. The Balaban J connectivity index is 1.25. The summed E-state index contributed by atoms with van der Waals surface area (Å²) in [5, 5.41) is 9.53. The third-order valence-corrected chi connectivity index (χ3v) is 6.88. The van der Waals surface area contributed by atoms with Crippen LogP contribution in [0.4, 0.5) is 5.82 Å². The molecule has 2 fully saturated rings. The fraction of sp³-hybridized carbons (Fsp3) is 0.478. The number of anilines is 1. The number of aromatic nitrogens is 6. The van der Waals surface area contributed by atoms with Crippen molar-refractivity contribution in [2.24, 2.45) is 0 Å². The van der Waals surface area contributed by atoms with Crippen molar-refractivity contribution >= 4 is 22.5 Å². The minimum atomic E-state index is 0.416. The van der Waals surface area contributed by atoms with Crippen molar-refractivity contribution in [2.45, 2.75) is 44.7 Å². The van der Waals surface area contributed by atoms with Crippen LogP contribution in [0.15, 0.2) is 30.9 Å². The second-order valence-corrected chi connectivity index (χ2v) is 8.83. The maximum absolute atomic E-state index is 5.52. The number of morpholine rings is 1. The van der Waals surface area contributed by atoms with Gasteiger partial charge in [0.2, 0.25) is 0 Å². The number of fused-ring (bicyclic) bond motifs is 2. The number of hydrogen-bond acceptors (Lipinski definition) is 7. The van der Waals surface area contributed by atoms with Crippen LogP contribution in [0.5, 0.6) is 0 Å². The summed E-state index contributed by atoms with van der Waals surface area (Å²) in [5.74, 6) is 0.880. The Hall–Kier alpha value is -3.04. The number of nitrogens with zero attached hydrogens (tertiary/aromatic N) is 6. The van der Waals surface area contributed by atoms with Crippen molar-refractivity contribution in [3.05, 3.63) is 36.5 Å². The zero-order valence-corrected chi connectivity index (χ0v) is 18.3. The van der Waals surface area contributed by atoms with E-state index < -0.39 is 0 Å². The number of nitrogens with one attached hydrogen (secondary N) is 2. The van der Waals surface area contributed by atoms with E-state index >= 15 is 0 Å². The Morgan fingerprint density at radius 1 is 1.06 bits per heavy atom. The number of H-pyrrole nitrogens is 1. The molecule has 0 bridgehead atoms. The molecule has 166 valence electrons. The molecular formula is C23H28N8O. The van der Waals surface area contributed by atoms with Crippen LogP contribution in [0.1, 0.15) is 31.4 Å². The zero-order chi connectivity index (χ0) is 21.5. The van der Waals surface area contributed by atoms with Crippen molar-refractivity contribution in [3.8, 4) is 11.3 Å². The Morgan fingerprint density at radius 3 is 2.75 bits per heavy atom. The van der Waals surface area contributed by atoms with E-state index in [9.17, 15) is 0 Å². The first kappa shape index (κ1) is 19.6. The molecule has 1 saturated carbocycles. The monoisotopic (exact) mass is 432 g/mol. The Morgan fingerprint density at radius 2 is 1.91 bits per heavy atom. The quantitative estimate of drug-likeness (QED) is 0.512. The summed E-state index contributed by atoms with van der Waals surface area (Å²) < 4.78 is 7.39. The van der Waals surface area contributed by atoms with Gasteiger partial charge in [0, 0.05) is 36.9 Å². The first-order chi connectivity index (χ1) is 15.8. The van der Waals surface area contributed by atoms with Crippen molar-refractivity contribution in [1.82, 2.24) is 34.4 Å². The number of aromatic amines is 1. The molecule has 0 spiro atoms. The van der Waals surface area contributed by atoms with Gasteiger partial charge >= 0.3 is 0 Å². The van der Waals surface area contributed by atoms with E-state index in [1.165, 1.54) is 12.8 Å². The smallest absolute Gasteiger partial charge is 0.153 e. The molecule has 6 rings (SSSR count). The molecule has 0 aromatic carbocycles. The lowest BCUT2D eigenvalue weighted by Gasteiger charge is -2.39. The molecule has 32 heavy (non-hydrogen) atoms. The normalized spacial score (nSPS) is 22.5. The molecule has 5 heterocycles. The number of aryl methyl sites for hydroxylation is 1. The molecule has 0 atom stereocenters. The van der Waals surface area contributed by atoms with Gasteiger partial charge in [-0.15, -0.1) is 0 Å². The fourth-order valence-corrected chi connectivity index (χ4v) is 5.13. The second kappa shape index (κ2) is 8.14. The number of hydrogen-bond donors (Lipinski definition) is 2. The summed E-state index contributed by atoms with van der Waals surface area (Å²) in [6, 6.07) is 5.10. The molecule has 9 nitrogen and oxygen atoms in total. The zero-order valence-electron chi connectivity index (χ0n) is 18.3. The summed E-state index contributed by atoms with van der Waals surface area (Å²) in [6.07, 6.45) is 10.2. The molecule has 1 aliphatic heterocycles. The van der Waals surface area contributed by atoms with Crippen LogP contribution in [0.2, 0.25) is 0 Å². The summed E-state index contributed by atoms with van der Waals surface area (Å²) in [4.78, 5) is 19.4. The van der Waals surface area contributed by atoms with E-state index in [0.717, 1.165) is 78.6 Å². The molecular weight excluding hydrogens is 404 g/mol. The number of ether oxygens (including phenoxy) is 1. The third-order valence-electron chi connectivity index (χ3n) is 6.88. The first-order valence-corrected chi connectivity index (χ1v) is 11.5. The third kappa shape index (κ3) is 3.51. The minimum absolute atomic E-state index is 0.416. The molecule has 9 heteroatoms. The Kier molecular flexibility index (Phi) is 4.99. The lowest BCUT2D eigenvalue weighted by Crippen LogP contribution is -2.46. The van der Waals surface area contributed by atoms with Gasteiger partial charge in [-0.1, -0.05) is 0 Å². The van der Waals surface area contributed by atoms with Crippen LogP contribution in [-0.4, -0.2) is 72.8 Å². The predicted molar refractivity (Wildman–Crippen MR) is 123 cm³/mol. The maximum atomic E-state index is 5.52. The van der Waals surface area contributed by atoms with Gasteiger partial charge in [-0.3, -0.25) is 4.90 Å². The number of rotatable bonds is 4. The highest BCUT2D eigenvalue weighted by Gasteiger charge is 2.27. The van der Waals surface area contributed by atoms with Crippen LogP contribution >= 0.6 is 0 Å². The van der Waals surface area contributed by atoms with Gasteiger partial charge in [0.15, 0.2) is 5.65 Å². The lowest BCUT2D eigenvalue weighted by molar-refractivity contribution is 0.00791. The van der Waals surface area contributed by atoms with Crippen LogP contribution in [0, 0.1) is 6.92 Å². The van der Waals surface area contributed by atoms with Crippen LogP contribution < -0.4 is 5.32 Å². The van der Waals surface area contributed by atoms with Gasteiger partial charge in [-0.2, -0.15) is 5.10 Å². The van der Waals surface area contributed by atoms with E-state index in [0.29, 0.717) is 12.1 Å². The highest BCUT2D eigenvalue weighted by molar-refractivity contribution is 6.00. The van der Waals surface area contributed by atoms with E-state index in [1.54, 1.807) is 6.33 Å². The minimum Gasteiger partial charge on any atom is -0.379 e. The molecule has 4 aromatic rings. The fourth-order valence-electron chi connectivity index (χ4n) is 5.13. The Labute approximate surface area is 186 Å². The predicted octanol–water partition coefficient (Wildman–Crippen LogP) is 3.03. The van der Waals surface area contributed by atoms with Crippen LogP contribution in [-0.2, 0) is 4.74 Å². The van der Waals surface area contributed by atoms with Crippen molar-refractivity contribution < 1.29 is 4.74 Å². The average molecular weight is 433 g/mol. The lowest BCUT2D eigenvalue weighted by atomic mass is 9.90. The van der Waals surface area contributed by atoms with E-state index in [2.05, 4.69) is 30.2 Å². The molecule has 1 saturated heterocycles. The summed E-state index contributed by atoms with van der Waals surface area (Å²) in [7, 11) is 0. The average Bonchev–Trinajstić information content (AvgIpc) is 3.44. The van der Waals surface area contributed by atoms with Crippen molar-refractivity contribution in [2.75, 3.05) is 31.6 Å². The molecule has 4 aromatic heterocycles. The highest BCUT2D eigenvalue weighted by atomic mass is 16.5. The van der Waals surface area contributed by atoms with Crippen LogP contribution in [0.25, 0.3) is 27.9 Å².